The molecule has 0 unspecified atom stereocenters. The molecule has 6 heteroatoms. The molecule has 0 radical (unpaired) electrons. The van der Waals surface area contributed by atoms with Crippen LogP contribution in [0.25, 0.3) is 10.9 Å². The molecule has 0 aliphatic carbocycles. The average Bonchev–Trinajstić information content (AvgIpc) is 3.30. The summed E-state index contributed by atoms with van der Waals surface area (Å²) in [7, 11) is 0. The Labute approximate surface area is 168 Å². The minimum atomic E-state index is -0.307. The number of carbonyl (C=O) groups is 2. The van der Waals surface area contributed by atoms with Gasteiger partial charge < -0.3 is 15.2 Å². The van der Waals surface area contributed by atoms with Gasteiger partial charge in [-0.25, -0.2) is 4.39 Å². The third kappa shape index (κ3) is 4.47. The number of carbonyl (C=O) groups excluding carboxylic acids is 2. The van der Waals surface area contributed by atoms with E-state index in [-0.39, 0.29) is 30.0 Å². The van der Waals surface area contributed by atoms with Crippen LogP contribution in [-0.2, 0) is 22.4 Å². The first-order valence-corrected chi connectivity index (χ1v) is 9.95. The Hall–Kier alpha value is -3.15. The van der Waals surface area contributed by atoms with Crippen molar-refractivity contribution in [1.82, 2.24) is 15.2 Å². The zero-order valence-electron chi connectivity index (χ0n) is 16.2. The molecule has 4 rings (SSSR count). The first kappa shape index (κ1) is 19.2. The van der Waals surface area contributed by atoms with E-state index in [1.54, 1.807) is 11.0 Å². The molecule has 29 heavy (non-hydrogen) atoms. The fourth-order valence-corrected chi connectivity index (χ4v) is 3.90. The van der Waals surface area contributed by atoms with Gasteiger partial charge in [0.25, 0.3) is 0 Å². The lowest BCUT2D eigenvalue weighted by molar-refractivity contribution is -0.129. The van der Waals surface area contributed by atoms with Gasteiger partial charge in [0.15, 0.2) is 0 Å². The van der Waals surface area contributed by atoms with E-state index >= 15 is 0 Å². The minimum absolute atomic E-state index is 0.000712. The lowest BCUT2D eigenvalue weighted by Crippen LogP contribution is -2.34. The fraction of sp³-hybridized carbons (Fsp3) is 0.304. The molecule has 1 saturated heterocycles. The number of amides is 2. The van der Waals surface area contributed by atoms with Crippen molar-refractivity contribution < 1.29 is 14.0 Å². The topological polar surface area (TPSA) is 65.2 Å². The molecule has 0 bridgehead atoms. The summed E-state index contributed by atoms with van der Waals surface area (Å²) in [6.45, 7) is 1.53. The van der Waals surface area contributed by atoms with Crippen LogP contribution in [0, 0.1) is 11.7 Å². The molecule has 150 valence electrons. The number of aromatic amines is 1. The number of fused-ring (bicyclic) bond motifs is 1. The quantitative estimate of drug-likeness (QED) is 0.648. The molecule has 1 aromatic heterocycles. The van der Waals surface area contributed by atoms with Gasteiger partial charge in [0, 0.05) is 43.2 Å². The fourth-order valence-electron chi connectivity index (χ4n) is 3.90. The number of H-pyrrole nitrogens is 1. The summed E-state index contributed by atoms with van der Waals surface area (Å²) in [6.07, 6.45) is 3.50. The van der Waals surface area contributed by atoms with E-state index in [9.17, 15) is 14.0 Å². The molecule has 3 aromatic rings. The molecule has 1 aliphatic heterocycles. The maximum Gasteiger partial charge on any atom is 0.225 e. The number of nitrogens with one attached hydrogen (secondary N) is 2. The van der Waals surface area contributed by atoms with Crippen molar-refractivity contribution in [3.63, 3.8) is 0 Å². The molecule has 0 spiro atoms. The maximum atomic E-state index is 13.5. The number of halogens is 1. The van der Waals surface area contributed by atoms with Crippen molar-refractivity contribution in [2.45, 2.75) is 19.3 Å². The van der Waals surface area contributed by atoms with Gasteiger partial charge in [0.2, 0.25) is 11.8 Å². The Morgan fingerprint density at radius 1 is 1.17 bits per heavy atom. The monoisotopic (exact) mass is 393 g/mol. The predicted octanol–water partition coefficient (Wildman–Crippen LogP) is 3.06. The van der Waals surface area contributed by atoms with Crippen LogP contribution in [0.5, 0.6) is 0 Å². The summed E-state index contributed by atoms with van der Waals surface area (Å²) >= 11 is 0. The Balaban J connectivity index is 1.28. The van der Waals surface area contributed by atoms with Crippen molar-refractivity contribution in [2.75, 3.05) is 19.6 Å². The second-order valence-corrected chi connectivity index (χ2v) is 7.52. The third-order valence-corrected chi connectivity index (χ3v) is 5.52. The first-order chi connectivity index (χ1) is 14.1. The summed E-state index contributed by atoms with van der Waals surface area (Å²) in [6, 6.07) is 14.6. The van der Waals surface area contributed by atoms with E-state index in [0.717, 1.165) is 22.9 Å². The molecule has 2 N–H and O–H groups in total. The lowest BCUT2D eigenvalue weighted by Gasteiger charge is -2.16. The Morgan fingerprint density at radius 3 is 2.83 bits per heavy atom. The van der Waals surface area contributed by atoms with Gasteiger partial charge in [0.05, 0.1) is 5.92 Å². The lowest BCUT2D eigenvalue weighted by atomic mass is 10.1. The number of likely N-dealkylation sites (tertiary alicyclic amines) is 1. The van der Waals surface area contributed by atoms with Crippen LogP contribution in [0.15, 0.2) is 54.7 Å². The number of rotatable bonds is 7. The van der Waals surface area contributed by atoms with E-state index in [4.69, 9.17) is 0 Å². The number of hydrogen-bond donors (Lipinski definition) is 2. The smallest absolute Gasteiger partial charge is 0.225 e. The van der Waals surface area contributed by atoms with Crippen molar-refractivity contribution >= 4 is 22.7 Å². The van der Waals surface area contributed by atoms with Gasteiger partial charge in [-0.2, -0.15) is 0 Å². The van der Waals surface area contributed by atoms with Crippen LogP contribution in [0.3, 0.4) is 0 Å². The Morgan fingerprint density at radius 2 is 2.00 bits per heavy atom. The van der Waals surface area contributed by atoms with E-state index < -0.39 is 0 Å². The highest BCUT2D eigenvalue weighted by molar-refractivity contribution is 5.89. The van der Waals surface area contributed by atoms with Crippen LogP contribution >= 0.6 is 0 Å². The van der Waals surface area contributed by atoms with Crippen molar-refractivity contribution in [3.05, 3.63) is 71.7 Å². The zero-order valence-corrected chi connectivity index (χ0v) is 16.2. The number of benzene rings is 2. The Bertz CT molecular complexity index is 1020. The third-order valence-electron chi connectivity index (χ3n) is 5.52. The van der Waals surface area contributed by atoms with Crippen molar-refractivity contribution in [1.29, 1.82) is 0 Å². The van der Waals surface area contributed by atoms with E-state index in [1.165, 1.54) is 17.7 Å². The summed E-state index contributed by atoms with van der Waals surface area (Å²) in [5, 5.41) is 3.79. The first-order valence-electron chi connectivity index (χ1n) is 9.95. The molecule has 0 saturated carbocycles. The van der Waals surface area contributed by atoms with Gasteiger partial charge in [-0.05, 0) is 42.2 Å². The second kappa shape index (κ2) is 8.47. The molecule has 2 aromatic carbocycles. The van der Waals surface area contributed by atoms with E-state index in [1.807, 2.05) is 36.5 Å². The van der Waals surface area contributed by atoms with Crippen LogP contribution in [0.4, 0.5) is 4.39 Å². The molecule has 1 fully saturated rings. The van der Waals surface area contributed by atoms with Crippen LogP contribution in [0.2, 0.25) is 0 Å². The number of aromatic nitrogens is 1. The number of nitrogens with zero attached hydrogens (tertiary/aromatic N) is 1. The summed E-state index contributed by atoms with van der Waals surface area (Å²) < 4.78 is 13.5. The highest BCUT2D eigenvalue weighted by Crippen LogP contribution is 2.22. The SMILES string of the molecule is O=C(NCCc1ccccc1)[C@H]1CC(=O)N(CCc2c[nH]c3ccc(F)cc23)C1. The van der Waals surface area contributed by atoms with Crippen LogP contribution in [0.1, 0.15) is 17.5 Å². The Kier molecular flexibility index (Phi) is 5.60. The van der Waals surface area contributed by atoms with Crippen LogP contribution in [-0.4, -0.2) is 41.3 Å². The van der Waals surface area contributed by atoms with Gasteiger partial charge in [-0.15, -0.1) is 0 Å². The number of hydrogen-bond acceptors (Lipinski definition) is 2. The predicted molar refractivity (Wildman–Crippen MR) is 110 cm³/mol. The highest BCUT2D eigenvalue weighted by atomic mass is 19.1. The molecular formula is C23H24FN3O2. The standard InChI is InChI=1S/C23H24FN3O2/c24-19-6-7-21-20(13-19)17(14-26-21)9-11-27-15-18(12-22(27)28)23(29)25-10-8-16-4-2-1-3-5-16/h1-7,13-14,18,26H,8-12,15H2,(H,25,29)/t18-/m0/s1. The molecule has 5 nitrogen and oxygen atoms in total. The largest absolute Gasteiger partial charge is 0.361 e. The zero-order chi connectivity index (χ0) is 20.2. The van der Waals surface area contributed by atoms with Crippen LogP contribution < -0.4 is 5.32 Å². The van der Waals surface area contributed by atoms with E-state index in [0.29, 0.717) is 26.1 Å². The molecular weight excluding hydrogens is 369 g/mol. The van der Waals surface area contributed by atoms with Gasteiger partial charge in [0.1, 0.15) is 5.82 Å². The van der Waals surface area contributed by atoms with Gasteiger partial charge >= 0.3 is 0 Å². The van der Waals surface area contributed by atoms with Gasteiger partial charge in [-0.1, -0.05) is 30.3 Å². The minimum Gasteiger partial charge on any atom is -0.361 e. The van der Waals surface area contributed by atoms with E-state index in [2.05, 4.69) is 10.3 Å². The van der Waals surface area contributed by atoms with Crippen molar-refractivity contribution in [2.24, 2.45) is 5.92 Å². The molecule has 2 amide bonds. The molecule has 2 heterocycles. The summed E-state index contributed by atoms with van der Waals surface area (Å²) in [4.78, 5) is 29.6. The van der Waals surface area contributed by atoms with Crippen molar-refractivity contribution in [3.8, 4) is 0 Å². The summed E-state index contributed by atoms with van der Waals surface area (Å²) in [5.74, 6) is -0.647. The normalized spacial score (nSPS) is 16.5. The molecule has 1 aliphatic rings. The molecule has 1 atom stereocenters. The highest BCUT2D eigenvalue weighted by Gasteiger charge is 2.33. The van der Waals surface area contributed by atoms with Gasteiger partial charge in [-0.3, -0.25) is 9.59 Å². The summed E-state index contributed by atoms with van der Waals surface area (Å²) in [5.41, 5.74) is 3.03. The second-order valence-electron chi connectivity index (χ2n) is 7.52. The average molecular weight is 393 g/mol. The maximum absolute atomic E-state index is 13.5.